The van der Waals surface area contributed by atoms with E-state index in [2.05, 4.69) is 15.5 Å². The Labute approximate surface area is 178 Å². The van der Waals surface area contributed by atoms with Gasteiger partial charge in [-0.25, -0.2) is 8.78 Å². The molecule has 2 aromatic rings. The summed E-state index contributed by atoms with van der Waals surface area (Å²) in [7, 11) is 0. The summed E-state index contributed by atoms with van der Waals surface area (Å²) in [5, 5.41) is 16.4. The molecule has 0 radical (unpaired) electrons. The van der Waals surface area contributed by atoms with Crippen LogP contribution in [0.2, 0.25) is 5.02 Å². The first-order chi connectivity index (χ1) is 14.4. The maximum atomic E-state index is 15.5. The SMILES string of the molecule is CCC(=O)N1CCN(C2NCNc3c2cc(Cl)c(-c2c(O)cccc2F)c3F)CC1. The minimum Gasteiger partial charge on any atom is -0.507 e. The first kappa shape index (κ1) is 20.8. The molecular weight excluding hydrogens is 414 g/mol. The molecule has 1 fully saturated rings. The van der Waals surface area contributed by atoms with Crippen molar-refractivity contribution in [1.82, 2.24) is 15.1 Å². The molecular formula is C21H23ClF2N4O2. The van der Waals surface area contributed by atoms with Gasteiger partial charge in [0.1, 0.15) is 11.6 Å². The summed E-state index contributed by atoms with van der Waals surface area (Å²) in [5.74, 6) is -1.71. The lowest BCUT2D eigenvalue weighted by atomic mass is 9.97. The molecule has 0 bridgehead atoms. The van der Waals surface area contributed by atoms with Gasteiger partial charge >= 0.3 is 0 Å². The molecule has 6 nitrogen and oxygen atoms in total. The van der Waals surface area contributed by atoms with E-state index in [9.17, 15) is 14.3 Å². The number of anilines is 1. The summed E-state index contributed by atoms with van der Waals surface area (Å²) in [6, 6.07) is 5.40. The Balaban J connectivity index is 1.68. The summed E-state index contributed by atoms with van der Waals surface area (Å²) in [5.41, 5.74) is 0.412. The molecule has 1 amide bonds. The fourth-order valence-corrected chi connectivity index (χ4v) is 4.44. The van der Waals surface area contributed by atoms with E-state index in [4.69, 9.17) is 11.6 Å². The fraction of sp³-hybridized carbons (Fsp3) is 0.381. The Morgan fingerprint density at radius 1 is 1.23 bits per heavy atom. The molecule has 4 rings (SSSR count). The molecule has 0 spiro atoms. The van der Waals surface area contributed by atoms with E-state index >= 15 is 4.39 Å². The molecule has 0 saturated carbocycles. The summed E-state index contributed by atoms with van der Waals surface area (Å²) in [6.45, 7) is 4.63. The second-order valence-corrected chi connectivity index (χ2v) is 7.78. The number of halogens is 3. The van der Waals surface area contributed by atoms with E-state index in [1.165, 1.54) is 12.1 Å². The number of rotatable bonds is 3. The van der Waals surface area contributed by atoms with Crippen molar-refractivity contribution in [3.05, 3.63) is 46.5 Å². The third-order valence-electron chi connectivity index (χ3n) is 5.68. The molecule has 2 heterocycles. The number of benzene rings is 2. The summed E-state index contributed by atoms with van der Waals surface area (Å²) >= 11 is 6.39. The van der Waals surface area contributed by atoms with E-state index < -0.39 is 11.6 Å². The predicted octanol–water partition coefficient (Wildman–Crippen LogP) is 3.52. The number of phenols is 1. The van der Waals surface area contributed by atoms with Gasteiger partial charge in [0, 0.05) is 43.7 Å². The zero-order valence-corrected chi connectivity index (χ0v) is 17.3. The number of carbonyl (C=O) groups excluding carboxylic acids is 1. The van der Waals surface area contributed by atoms with Crippen LogP contribution in [0.5, 0.6) is 5.75 Å². The Kier molecular flexibility index (Phi) is 5.81. The van der Waals surface area contributed by atoms with Gasteiger partial charge in [0.05, 0.1) is 29.1 Å². The number of piperazine rings is 1. The molecule has 0 aromatic heterocycles. The van der Waals surface area contributed by atoms with Gasteiger partial charge in [-0.1, -0.05) is 24.6 Å². The van der Waals surface area contributed by atoms with Crippen molar-refractivity contribution < 1.29 is 18.7 Å². The maximum Gasteiger partial charge on any atom is 0.222 e. The van der Waals surface area contributed by atoms with Crippen LogP contribution < -0.4 is 10.6 Å². The van der Waals surface area contributed by atoms with Crippen molar-refractivity contribution in [2.75, 3.05) is 38.2 Å². The first-order valence-corrected chi connectivity index (χ1v) is 10.3. The molecule has 2 aliphatic heterocycles. The van der Waals surface area contributed by atoms with Crippen molar-refractivity contribution in [2.24, 2.45) is 0 Å². The van der Waals surface area contributed by atoms with Crippen LogP contribution in [-0.2, 0) is 4.79 Å². The lowest BCUT2D eigenvalue weighted by Gasteiger charge is -2.42. The monoisotopic (exact) mass is 436 g/mol. The van der Waals surface area contributed by atoms with Gasteiger partial charge in [-0.2, -0.15) is 0 Å². The van der Waals surface area contributed by atoms with Crippen LogP contribution in [-0.4, -0.2) is 53.7 Å². The van der Waals surface area contributed by atoms with Crippen LogP contribution in [0.15, 0.2) is 24.3 Å². The zero-order valence-electron chi connectivity index (χ0n) is 16.5. The molecule has 1 atom stereocenters. The van der Waals surface area contributed by atoms with Crippen molar-refractivity contribution in [3.8, 4) is 16.9 Å². The minimum absolute atomic E-state index is 0.0157. The molecule has 1 unspecified atom stereocenters. The van der Waals surface area contributed by atoms with Gasteiger partial charge in [0.15, 0.2) is 5.82 Å². The second kappa shape index (κ2) is 8.37. The molecule has 30 heavy (non-hydrogen) atoms. The second-order valence-electron chi connectivity index (χ2n) is 7.38. The topological polar surface area (TPSA) is 67.8 Å². The maximum absolute atomic E-state index is 15.5. The number of aromatic hydroxyl groups is 1. The highest BCUT2D eigenvalue weighted by molar-refractivity contribution is 6.33. The number of carbonyl (C=O) groups is 1. The number of hydrogen-bond donors (Lipinski definition) is 3. The zero-order chi connectivity index (χ0) is 21.4. The Hall–Kier alpha value is -2.42. The number of phenolic OH excluding ortho intramolecular Hbond substituents is 1. The van der Waals surface area contributed by atoms with E-state index in [0.29, 0.717) is 44.8 Å². The average Bonchev–Trinajstić information content (AvgIpc) is 2.75. The summed E-state index contributed by atoms with van der Waals surface area (Å²) in [4.78, 5) is 15.9. The first-order valence-electron chi connectivity index (χ1n) is 9.91. The van der Waals surface area contributed by atoms with Crippen molar-refractivity contribution >= 4 is 23.2 Å². The normalized spacial score (nSPS) is 19.3. The number of fused-ring (bicyclic) bond motifs is 1. The van der Waals surface area contributed by atoms with Gasteiger partial charge < -0.3 is 15.3 Å². The molecule has 160 valence electrons. The van der Waals surface area contributed by atoms with Crippen LogP contribution in [0.4, 0.5) is 14.5 Å². The van der Waals surface area contributed by atoms with Crippen molar-refractivity contribution in [2.45, 2.75) is 19.5 Å². The predicted molar refractivity (Wildman–Crippen MR) is 111 cm³/mol. The quantitative estimate of drug-likeness (QED) is 0.687. The number of hydrogen-bond acceptors (Lipinski definition) is 5. The summed E-state index contributed by atoms with van der Waals surface area (Å²) < 4.78 is 29.9. The van der Waals surface area contributed by atoms with Gasteiger partial charge in [-0.05, 0) is 18.2 Å². The van der Waals surface area contributed by atoms with E-state index in [-0.39, 0.29) is 39.7 Å². The molecule has 2 aliphatic rings. The number of nitrogens with one attached hydrogen (secondary N) is 2. The van der Waals surface area contributed by atoms with E-state index in [1.807, 2.05) is 11.8 Å². The minimum atomic E-state index is -0.752. The van der Waals surface area contributed by atoms with Crippen molar-refractivity contribution in [3.63, 3.8) is 0 Å². The lowest BCUT2D eigenvalue weighted by molar-refractivity contribution is -0.133. The lowest BCUT2D eigenvalue weighted by Crippen LogP contribution is -2.53. The Bertz CT molecular complexity index is 960. The Morgan fingerprint density at radius 2 is 1.97 bits per heavy atom. The van der Waals surface area contributed by atoms with E-state index in [1.54, 1.807) is 6.07 Å². The highest BCUT2D eigenvalue weighted by Gasteiger charge is 2.33. The number of nitrogens with zero attached hydrogens (tertiary/aromatic N) is 2. The van der Waals surface area contributed by atoms with E-state index in [0.717, 1.165) is 6.07 Å². The highest BCUT2D eigenvalue weighted by Crippen LogP contribution is 2.44. The third-order valence-corrected chi connectivity index (χ3v) is 5.98. The standard InChI is InChI=1S/C21H23ClF2N4O2/c1-2-16(30)27-6-8-28(9-7-27)21-12-10-13(22)17(19(24)20(12)25-11-26-21)18-14(23)4-3-5-15(18)29/h3-5,10,21,25-26,29H,2,6-9,11H2,1H3. The molecule has 2 aromatic carbocycles. The average molecular weight is 437 g/mol. The molecule has 9 heteroatoms. The van der Waals surface area contributed by atoms with Gasteiger partial charge in [-0.15, -0.1) is 0 Å². The number of amides is 1. The van der Waals surface area contributed by atoms with Crippen LogP contribution >= 0.6 is 11.6 Å². The smallest absolute Gasteiger partial charge is 0.222 e. The summed E-state index contributed by atoms with van der Waals surface area (Å²) in [6.07, 6.45) is 0.177. The van der Waals surface area contributed by atoms with Gasteiger partial charge in [0.25, 0.3) is 0 Å². The van der Waals surface area contributed by atoms with Gasteiger partial charge in [-0.3, -0.25) is 15.0 Å². The van der Waals surface area contributed by atoms with Crippen LogP contribution in [0.1, 0.15) is 25.1 Å². The van der Waals surface area contributed by atoms with Crippen LogP contribution in [0, 0.1) is 11.6 Å². The van der Waals surface area contributed by atoms with Crippen LogP contribution in [0.3, 0.4) is 0 Å². The fourth-order valence-electron chi connectivity index (χ4n) is 4.15. The Morgan fingerprint density at radius 3 is 2.63 bits per heavy atom. The molecule has 3 N–H and O–H groups in total. The molecule has 0 aliphatic carbocycles. The largest absolute Gasteiger partial charge is 0.507 e. The molecule has 1 saturated heterocycles. The van der Waals surface area contributed by atoms with Crippen molar-refractivity contribution in [1.29, 1.82) is 0 Å². The van der Waals surface area contributed by atoms with Gasteiger partial charge in [0.2, 0.25) is 5.91 Å². The third kappa shape index (κ3) is 3.59. The highest BCUT2D eigenvalue weighted by atomic mass is 35.5. The van der Waals surface area contributed by atoms with Crippen LogP contribution in [0.25, 0.3) is 11.1 Å².